The lowest BCUT2D eigenvalue weighted by atomic mass is 10.1. The van der Waals surface area contributed by atoms with E-state index in [0.29, 0.717) is 39.7 Å². The lowest BCUT2D eigenvalue weighted by Gasteiger charge is -2.11. The van der Waals surface area contributed by atoms with Gasteiger partial charge in [-0.3, -0.25) is 4.79 Å². The molecule has 1 aromatic heterocycles. The monoisotopic (exact) mass is 388 g/mol. The molecule has 1 N–H and O–H groups in total. The highest BCUT2D eigenvalue weighted by Crippen LogP contribution is 2.30. The molecule has 0 bridgehead atoms. The van der Waals surface area contributed by atoms with Crippen molar-refractivity contribution in [3.05, 3.63) is 71.8 Å². The number of aromatic nitrogens is 1. The number of rotatable bonds is 5. The zero-order valence-electron chi connectivity index (χ0n) is 16.4. The highest BCUT2D eigenvalue weighted by atomic mass is 16.5. The van der Waals surface area contributed by atoms with E-state index in [1.807, 2.05) is 49.4 Å². The van der Waals surface area contributed by atoms with Crippen LogP contribution in [0, 0.1) is 6.92 Å². The van der Waals surface area contributed by atoms with Gasteiger partial charge in [0.1, 0.15) is 17.0 Å². The maximum Gasteiger partial charge on any atom is 0.259 e. The minimum atomic E-state index is -0.245. The summed E-state index contributed by atoms with van der Waals surface area (Å²) < 4.78 is 16.4. The Morgan fingerprint density at radius 2 is 1.83 bits per heavy atom. The summed E-state index contributed by atoms with van der Waals surface area (Å²) in [5, 5.41) is 2.96. The Bertz CT molecular complexity index is 1200. The summed E-state index contributed by atoms with van der Waals surface area (Å²) in [7, 11) is 3.15. The molecule has 0 radical (unpaired) electrons. The summed E-state index contributed by atoms with van der Waals surface area (Å²) in [6.45, 7) is 1.93. The number of hydrogen-bond donors (Lipinski definition) is 1. The number of benzene rings is 3. The molecule has 0 fully saturated rings. The SMILES string of the molecule is COc1ccc2oc(-c3ccc(C)c(NC(=O)c4ccccc4OC)c3)nc2c1. The van der Waals surface area contributed by atoms with Crippen molar-refractivity contribution in [1.82, 2.24) is 4.98 Å². The van der Waals surface area contributed by atoms with Gasteiger partial charge in [0.05, 0.1) is 19.8 Å². The van der Waals surface area contributed by atoms with Gasteiger partial charge >= 0.3 is 0 Å². The maximum atomic E-state index is 12.8. The number of nitrogens with zero attached hydrogens (tertiary/aromatic N) is 1. The van der Waals surface area contributed by atoms with E-state index in [0.717, 1.165) is 11.1 Å². The lowest BCUT2D eigenvalue weighted by Crippen LogP contribution is -2.14. The molecule has 4 aromatic rings. The van der Waals surface area contributed by atoms with Crippen molar-refractivity contribution >= 4 is 22.7 Å². The Morgan fingerprint density at radius 1 is 1.00 bits per heavy atom. The van der Waals surface area contributed by atoms with Crippen molar-refractivity contribution in [2.75, 3.05) is 19.5 Å². The van der Waals surface area contributed by atoms with E-state index in [1.165, 1.54) is 0 Å². The molecule has 0 atom stereocenters. The molecular weight excluding hydrogens is 368 g/mol. The van der Waals surface area contributed by atoms with Gasteiger partial charge in [0, 0.05) is 17.3 Å². The molecule has 4 rings (SSSR count). The Morgan fingerprint density at radius 3 is 2.62 bits per heavy atom. The number of methoxy groups -OCH3 is 2. The van der Waals surface area contributed by atoms with Crippen LogP contribution in [0.5, 0.6) is 11.5 Å². The van der Waals surface area contributed by atoms with Crippen molar-refractivity contribution in [1.29, 1.82) is 0 Å². The molecule has 29 heavy (non-hydrogen) atoms. The van der Waals surface area contributed by atoms with Gasteiger partial charge in [-0.25, -0.2) is 4.98 Å². The number of anilines is 1. The van der Waals surface area contributed by atoms with Gasteiger partial charge < -0.3 is 19.2 Å². The molecule has 0 saturated heterocycles. The van der Waals surface area contributed by atoms with E-state index in [2.05, 4.69) is 10.3 Å². The molecule has 0 unspecified atom stereocenters. The van der Waals surface area contributed by atoms with Crippen LogP contribution in [0.4, 0.5) is 5.69 Å². The van der Waals surface area contributed by atoms with Crippen LogP contribution in [0.25, 0.3) is 22.6 Å². The number of carbonyl (C=O) groups excluding carboxylic acids is 1. The molecule has 0 aliphatic rings. The predicted molar refractivity (Wildman–Crippen MR) is 112 cm³/mol. The van der Waals surface area contributed by atoms with Crippen LogP contribution in [-0.4, -0.2) is 25.1 Å². The van der Waals surface area contributed by atoms with Gasteiger partial charge in [-0.1, -0.05) is 18.2 Å². The van der Waals surface area contributed by atoms with Gasteiger partial charge in [0.25, 0.3) is 5.91 Å². The zero-order chi connectivity index (χ0) is 20.4. The third-order valence-electron chi connectivity index (χ3n) is 4.68. The molecule has 0 aliphatic carbocycles. The van der Waals surface area contributed by atoms with E-state index < -0.39 is 0 Å². The first-order valence-corrected chi connectivity index (χ1v) is 9.09. The molecule has 1 amide bonds. The van der Waals surface area contributed by atoms with E-state index in [9.17, 15) is 4.79 Å². The van der Waals surface area contributed by atoms with Crippen LogP contribution in [0.3, 0.4) is 0 Å². The summed E-state index contributed by atoms with van der Waals surface area (Å²) in [5.41, 5.74) is 4.21. The fourth-order valence-corrected chi connectivity index (χ4v) is 3.07. The Kier molecular flexibility index (Phi) is 4.91. The largest absolute Gasteiger partial charge is 0.497 e. The average molecular weight is 388 g/mol. The van der Waals surface area contributed by atoms with E-state index >= 15 is 0 Å². The molecule has 1 heterocycles. The van der Waals surface area contributed by atoms with E-state index in [1.54, 1.807) is 32.4 Å². The van der Waals surface area contributed by atoms with E-state index in [-0.39, 0.29) is 5.91 Å². The Labute approximate surface area is 168 Å². The van der Waals surface area contributed by atoms with Crippen molar-refractivity contribution in [3.8, 4) is 23.0 Å². The lowest BCUT2D eigenvalue weighted by molar-refractivity contribution is 0.102. The molecule has 6 heteroatoms. The number of nitrogens with one attached hydrogen (secondary N) is 1. The molecule has 0 aliphatic heterocycles. The second-order valence-electron chi connectivity index (χ2n) is 6.54. The first-order chi connectivity index (χ1) is 14.1. The molecule has 0 saturated carbocycles. The van der Waals surface area contributed by atoms with Crippen LogP contribution in [-0.2, 0) is 0 Å². The third kappa shape index (κ3) is 3.65. The summed E-state index contributed by atoms with van der Waals surface area (Å²) in [5.74, 6) is 1.46. The van der Waals surface area contributed by atoms with Gasteiger partial charge in [-0.2, -0.15) is 0 Å². The number of amides is 1. The standard InChI is InChI=1S/C23H20N2O4/c1-14-8-9-15(23-25-19-13-16(27-2)10-11-21(19)29-23)12-18(14)24-22(26)17-6-4-5-7-20(17)28-3/h4-13H,1-3H3,(H,24,26). The highest BCUT2D eigenvalue weighted by molar-refractivity contribution is 6.06. The second kappa shape index (κ2) is 7.67. The van der Waals surface area contributed by atoms with Crippen molar-refractivity contribution < 1.29 is 18.7 Å². The summed E-state index contributed by atoms with van der Waals surface area (Å²) in [6.07, 6.45) is 0. The number of oxazole rings is 1. The van der Waals surface area contributed by atoms with Crippen molar-refractivity contribution in [2.45, 2.75) is 6.92 Å². The quantitative estimate of drug-likeness (QED) is 0.516. The fraction of sp³-hybridized carbons (Fsp3) is 0.130. The van der Waals surface area contributed by atoms with Crippen LogP contribution in [0.2, 0.25) is 0 Å². The Hall–Kier alpha value is -3.80. The zero-order valence-corrected chi connectivity index (χ0v) is 16.4. The average Bonchev–Trinajstić information content (AvgIpc) is 3.18. The molecule has 0 spiro atoms. The van der Waals surface area contributed by atoms with Crippen LogP contribution < -0.4 is 14.8 Å². The number of fused-ring (bicyclic) bond motifs is 1. The summed E-state index contributed by atoms with van der Waals surface area (Å²) in [4.78, 5) is 17.3. The van der Waals surface area contributed by atoms with Gasteiger partial charge in [-0.15, -0.1) is 0 Å². The minimum Gasteiger partial charge on any atom is -0.497 e. The fourth-order valence-electron chi connectivity index (χ4n) is 3.07. The first kappa shape index (κ1) is 18.6. The highest BCUT2D eigenvalue weighted by Gasteiger charge is 2.15. The molecule has 6 nitrogen and oxygen atoms in total. The number of hydrogen-bond acceptors (Lipinski definition) is 5. The van der Waals surface area contributed by atoms with Gasteiger partial charge in [0.15, 0.2) is 5.58 Å². The Balaban J connectivity index is 1.66. The predicted octanol–water partition coefficient (Wildman–Crippen LogP) is 5.07. The van der Waals surface area contributed by atoms with Gasteiger partial charge in [-0.05, 0) is 48.9 Å². The van der Waals surface area contributed by atoms with Crippen LogP contribution >= 0.6 is 0 Å². The second-order valence-corrected chi connectivity index (χ2v) is 6.54. The molecule has 146 valence electrons. The van der Waals surface area contributed by atoms with Crippen LogP contribution in [0.1, 0.15) is 15.9 Å². The summed E-state index contributed by atoms with van der Waals surface area (Å²) in [6, 6.07) is 18.3. The van der Waals surface area contributed by atoms with Crippen molar-refractivity contribution in [3.63, 3.8) is 0 Å². The minimum absolute atomic E-state index is 0.245. The molecular formula is C23H20N2O4. The van der Waals surface area contributed by atoms with Gasteiger partial charge in [0.2, 0.25) is 5.89 Å². The number of ether oxygens (including phenoxy) is 2. The summed E-state index contributed by atoms with van der Waals surface area (Å²) >= 11 is 0. The van der Waals surface area contributed by atoms with Crippen molar-refractivity contribution in [2.24, 2.45) is 0 Å². The van der Waals surface area contributed by atoms with Crippen LogP contribution in [0.15, 0.2) is 65.1 Å². The maximum absolute atomic E-state index is 12.8. The van der Waals surface area contributed by atoms with E-state index in [4.69, 9.17) is 13.9 Å². The molecule has 3 aromatic carbocycles. The third-order valence-corrected chi connectivity index (χ3v) is 4.68. The number of carbonyl (C=O) groups is 1. The first-order valence-electron chi connectivity index (χ1n) is 9.09. The normalized spacial score (nSPS) is 10.7. The smallest absolute Gasteiger partial charge is 0.259 e. The number of aryl methyl sites for hydroxylation is 1. The number of para-hydroxylation sites is 1. The topological polar surface area (TPSA) is 73.6 Å².